The fourth-order valence-electron chi connectivity index (χ4n) is 2.89. The van der Waals surface area contributed by atoms with Crippen molar-refractivity contribution in [1.29, 1.82) is 0 Å². The third-order valence-corrected chi connectivity index (χ3v) is 4.06. The first-order chi connectivity index (χ1) is 8.60. The molecule has 1 aliphatic carbocycles. The molecule has 3 atom stereocenters. The number of hydrogen-bond acceptors (Lipinski definition) is 3. The maximum Gasteiger partial charge on any atom is 0.241 e. The Morgan fingerprint density at radius 1 is 1.61 bits per heavy atom. The molecule has 1 amide bonds. The van der Waals surface area contributed by atoms with Gasteiger partial charge in [-0.25, -0.2) is 0 Å². The number of nitrogen functional groups attached to an aromatic ring is 1. The van der Waals surface area contributed by atoms with E-state index in [1.807, 2.05) is 0 Å². The highest BCUT2D eigenvalue weighted by Gasteiger charge is 2.32. The summed E-state index contributed by atoms with van der Waals surface area (Å²) in [5, 5.41) is 7.12. The van der Waals surface area contributed by atoms with E-state index in [4.69, 9.17) is 5.73 Å². The Hall–Kier alpha value is -1.52. The van der Waals surface area contributed by atoms with Crippen LogP contribution in [0.15, 0.2) is 12.4 Å². The number of carbonyl (C=O) groups is 1. The number of aromatic nitrogens is 2. The first kappa shape index (κ1) is 12.9. The van der Waals surface area contributed by atoms with Crippen LogP contribution in [0.5, 0.6) is 0 Å². The van der Waals surface area contributed by atoms with Gasteiger partial charge in [-0.3, -0.25) is 9.48 Å². The van der Waals surface area contributed by atoms with Crippen molar-refractivity contribution in [3.8, 4) is 0 Å². The molecule has 0 spiro atoms. The quantitative estimate of drug-likeness (QED) is 0.848. The van der Waals surface area contributed by atoms with Gasteiger partial charge in [0.15, 0.2) is 0 Å². The normalized spacial score (nSPS) is 27.3. The molecule has 1 aromatic rings. The molecule has 5 heteroatoms. The lowest BCUT2D eigenvalue weighted by Gasteiger charge is -2.20. The Balaban J connectivity index is 1.85. The molecule has 1 fully saturated rings. The molecule has 0 aromatic carbocycles. The molecule has 1 aliphatic rings. The average molecular weight is 250 g/mol. The van der Waals surface area contributed by atoms with Gasteiger partial charge in [-0.2, -0.15) is 5.10 Å². The number of nitrogens with zero attached hydrogens (tertiary/aromatic N) is 2. The summed E-state index contributed by atoms with van der Waals surface area (Å²) in [6.45, 7) is 4.70. The number of rotatable bonds is 4. The molecule has 0 bridgehead atoms. The fourth-order valence-corrected chi connectivity index (χ4v) is 2.89. The fraction of sp³-hybridized carbons (Fsp3) is 0.692. The van der Waals surface area contributed by atoms with Gasteiger partial charge in [0.1, 0.15) is 6.54 Å². The van der Waals surface area contributed by atoms with Crippen LogP contribution in [0.4, 0.5) is 5.69 Å². The number of anilines is 1. The summed E-state index contributed by atoms with van der Waals surface area (Å²) in [7, 11) is 0. The summed E-state index contributed by atoms with van der Waals surface area (Å²) in [6.07, 6.45) is 6.73. The first-order valence-corrected chi connectivity index (χ1v) is 6.67. The van der Waals surface area contributed by atoms with Crippen LogP contribution in [0.2, 0.25) is 0 Å². The molecular formula is C13H22N4O. The van der Waals surface area contributed by atoms with Crippen LogP contribution in [0.3, 0.4) is 0 Å². The minimum absolute atomic E-state index is 0.0201. The zero-order valence-electron chi connectivity index (χ0n) is 11.1. The molecule has 0 aliphatic heterocycles. The van der Waals surface area contributed by atoms with Crippen molar-refractivity contribution >= 4 is 11.6 Å². The molecule has 100 valence electrons. The van der Waals surface area contributed by atoms with Crippen molar-refractivity contribution in [3.05, 3.63) is 12.4 Å². The van der Waals surface area contributed by atoms with Crippen LogP contribution in [0.25, 0.3) is 0 Å². The maximum absolute atomic E-state index is 11.9. The second-order valence-corrected chi connectivity index (χ2v) is 5.25. The number of nitrogens with one attached hydrogen (secondary N) is 1. The zero-order chi connectivity index (χ0) is 13.1. The Kier molecular flexibility index (Phi) is 3.89. The maximum atomic E-state index is 11.9. The third-order valence-electron chi connectivity index (χ3n) is 4.06. The number of carbonyl (C=O) groups excluding carboxylic acids is 1. The standard InChI is InChI=1S/C13H22N4O/c1-3-10-4-5-12(9(10)2)16-13(18)8-17-7-11(14)6-15-17/h6-7,9-10,12H,3-5,8,14H2,1-2H3,(H,16,18). The van der Waals surface area contributed by atoms with Gasteiger partial charge in [-0.15, -0.1) is 0 Å². The van der Waals surface area contributed by atoms with Crippen LogP contribution in [-0.2, 0) is 11.3 Å². The Morgan fingerprint density at radius 2 is 2.39 bits per heavy atom. The molecule has 3 N–H and O–H groups in total. The Bertz CT molecular complexity index is 415. The van der Waals surface area contributed by atoms with E-state index in [0.29, 0.717) is 17.6 Å². The van der Waals surface area contributed by atoms with Crippen LogP contribution in [0, 0.1) is 11.8 Å². The predicted molar refractivity (Wildman–Crippen MR) is 70.7 cm³/mol. The second-order valence-electron chi connectivity index (χ2n) is 5.25. The van der Waals surface area contributed by atoms with Crippen molar-refractivity contribution in [3.63, 3.8) is 0 Å². The Morgan fingerprint density at radius 3 is 2.94 bits per heavy atom. The number of hydrogen-bond donors (Lipinski definition) is 2. The molecule has 0 radical (unpaired) electrons. The molecule has 18 heavy (non-hydrogen) atoms. The lowest BCUT2D eigenvalue weighted by molar-refractivity contribution is -0.122. The van der Waals surface area contributed by atoms with Gasteiger partial charge in [-0.1, -0.05) is 20.3 Å². The van der Waals surface area contributed by atoms with E-state index < -0.39 is 0 Å². The van der Waals surface area contributed by atoms with E-state index in [1.165, 1.54) is 12.8 Å². The van der Waals surface area contributed by atoms with Crippen molar-refractivity contribution in [1.82, 2.24) is 15.1 Å². The smallest absolute Gasteiger partial charge is 0.241 e. The molecule has 3 unspecified atom stereocenters. The summed E-state index contributed by atoms with van der Waals surface area (Å²) < 4.78 is 1.57. The molecule has 1 heterocycles. The van der Waals surface area contributed by atoms with E-state index in [-0.39, 0.29) is 12.5 Å². The van der Waals surface area contributed by atoms with Gasteiger partial charge in [0, 0.05) is 12.2 Å². The van der Waals surface area contributed by atoms with E-state index >= 15 is 0 Å². The van der Waals surface area contributed by atoms with E-state index in [0.717, 1.165) is 12.3 Å². The SMILES string of the molecule is CCC1CCC(NC(=O)Cn2cc(N)cn2)C1C. The highest BCUT2D eigenvalue weighted by molar-refractivity contribution is 5.76. The minimum Gasteiger partial charge on any atom is -0.396 e. The van der Waals surface area contributed by atoms with E-state index in [9.17, 15) is 4.79 Å². The van der Waals surface area contributed by atoms with Gasteiger partial charge >= 0.3 is 0 Å². The minimum atomic E-state index is 0.0201. The summed E-state index contributed by atoms with van der Waals surface area (Å²) in [6, 6.07) is 0.315. The largest absolute Gasteiger partial charge is 0.396 e. The molecule has 0 saturated heterocycles. The molecule has 1 aromatic heterocycles. The van der Waals surface area contributed by atoms with Crippen LogP contribution >= 0.6 is 0 Å². The number of amides is 1. The summed E-state index contributed by atoms with van der Waals surface area (Å²) in [4.78, 5) is 11.9. The lowest BCUT2D eigenvalue weighted by Crippen LogP contribution is -2.39. The zero-order valence-corrected chi connectivity index (χ0v) is 11.1. The average Bonchev–Trinajstić information content (AvgIpc) is 2.87. The topological polar surface area (TPSA) is 72.9 Å². The van der Waals surface area contributed by atoms with Crippen molar-refractivity contribution in [2.45, 2.75) is 45.7 Å². The van der Waals surface area contributed by atoms with E-state index in [1.54, 1.807) is 17.1 Å². The monoisotopic (exact) mass is 250 g/mol. The van der Waals surface area contributed by atoms with Crippen molar-refractivity contribution in [2.24, 2.45) is 11.8 Å². The highest BCUT2D eigenvalue weighted by atomic mass is 16.2. The van der Waals surface area contributed by atoms with Gasteiger partial charge in [0.05, 0.1) is 11.9 Å². The number of nitrogens with two attached hydrogens (primary N) is 1. The second kappa shape index (κ2) is 5.42. The molecular weight excluding hydrogens is 228 g/mol. The van der Waals surface area contributed by atoms with Gasteiger partial charge < -0.3 is 11.1 Å². The summed E-state index contributed by atoms with van der Waals surface area (Å²) >= 11 is 0. The molecule has 2 rings (SSSR count). The molecule has 1 saturated carbocycles. The first-order valence-electron chi connectivity index (χ1n) is 6.67. The van der Waals surface area contributed by atoms with E-state index in [2.05, 4.69) is 24.3 Å². The summed E-state index contributed by atoms with van der Waals surface area (Å²) in [5.41, 5.74) is 6.15. The van der Waals surface area contributed by atoms with Crippen LogP contribution < -0.4 is 11.1 Å². The third kappa shape index (κ3) is 2.83. The highest BCUT2D eigenvalue weighted by Crippen LogP contribution is 2.33. The summed E-state index contributed by atoms with van der Waals surface area (Å²) in [5.74, 6) is 1.34. The lowest BCUT2D eigenvalue weighted by atomic mass is 9.93. The van der Waals surface area contributed by atoms with Gasteiger partial charge in [-0.05, 0) is 24.7 Å². The van der Waals surface area contributed by atoms with Gasteiger partial charge in [0.25, 0.3) is 0 Å². The van der Waals surface area contributed by atoms with Crippen molar-refractivity contribution in [2.75, 3.05) is 5.73 Å². The predicted octanol–water partition coefficient (Wildman–Crippen LogP) is 1.41. The van der Waals surface area contributed by atoms with Crippen molar-refractivity contribution < 1.29 is 4.79 Å². The Labute approximate surface area is 108 Å². The van der Waals surface area contributed by atoms with Crippen LogP contribution in [0.1, 0.15) is 33.1 Å². The molecule has 5 nitrogen and oxygen atoms in total. The van der Waals surface area contributed by atoms with Crippen LogP contribution in [-0.4, -0.2) is 21.7 Å². The van der Waals surface area contributed by atoms with Gasteiger partial charge in [0.2, 0.25) is 5.91 Å².